The lowest BCUT2D eigenvalue weighted by Gasteiger charge is -2.25. The second-order valence-corrected chi connectivity index (χ2v) is 4.56. The molecule has 1 rings (SSSR count). The number of esters is 1. The molecule has 0 radical (unpaired) electrons. The van der Waals surface area contributed by atoms with E-state index < -0.39 is 29.4 Å². The van der Waals surface area contributed by atoms with E-state index in [9.17, 15) is 18.8 Å². The zero-order valence-corrected chi connectivity index (χ0v) is 9.95. The largest absolute Gasteiger partial charge is 0.691 e. The van der Waals surface area contributed by atoms with Gasteiger partial charge in [-0.15, -0.1) is 0 Å². The summed E-state index contributed by atoms with van der Waals surface area (Å²) in [6, 6.07) is 2.07. The van der Waals surface area contributed by atoms with Gasteiger partial charge < -0.3 is 9.99 Å². The van der Waals surface area contributed by atoms with E-state index in [1.54, 1.807) is 0 Å². The number of nitriles is 1. The molecule has 1 aliphatic carbocycles. The first-order valence-corrected chi connectivity index (χ1v) is 5.86. The van der Waals surface area contributed by atoms with Gasteiger partial charge in [-0.1, -0.05) is 0 Å². The number of carbonyl (C=O) groups is 1. The molecule has 0 spiro atoms. The van der Waals surface area contributed by atoms with Gasteiger partial charge in [0.05, 0.1) is 6.07 Å². The smallest absolute Gasteiger partial charge is 0.415 e. The minimum Gasteiger partial charge on any atom is -0.691 e. The third kappa shape index (κ3) is 4.38. The molecular weight excluding hydrogens is 272 g/mol. The van der Waals surface area contributed by atoms with Gasteiger partial charge in [0.15, 0.2) is 0 Å². The highest BCUT2D eigenvalue weighted by Crippen LogP contribution is 2.33. The van der Waals surface area contributed by atoms with Crippen molar-refractivity contribution in [2.75, 3.05) is 0 Å². The third-order valence-corrected chi connectivity index (χ3v) is 3.03. The Morgan fingerprint density at radius 2 is 2.00 bits per heavy atom. The number of halogens is 2. The van der Waals surface area contributed by atoms with Crippen LogP contribution in [0.2, 0.25) is 0 Å². The van der Waals surface area contributed by atoms with Crippen LogP contribution in [0.15, 0.2) is 0 Å². The molecular formula is C9H10F2NO5S-. The van der Waals surface area contributed by atoms with Gasteiger partial charge in [0.2, 0.25) is 0 Å². The van der Waals surface area contributed by atoms with Crippen molar-refractivity contribution in [3.8, 4) is 6.07 Å². The maximum Gasteiger partial charge on any atom is 0.415 e. The Kier molecular flexibility index (Phi) is 5.74. The summed E-state index contributed by atoms with van der Waals surface area (Å²) in [6.07, 6.45) is 1.11. The van der Waals surface area contributed by atoms with Crippen LogP contribution in [-0.2, 0) is 18.9 Å². The van der Waals surface area contributed by atoms with Gasteiger partial charge in [0.25, 0.3) is 0 Å². The highest BCUT2D eigenvalue weighted by molar-refractivity contribution is 7.96. The highest BCUT2D eigenvalue weighted by atomic mass is 32.2. The van der Waals surface area contributed by atoms with Crippen LogP contribution >= 0.6 is 12.0 Å². The lowest BCUT2D eigenvalue weighted by atomic mass is 9.88. The molecule has 0 atom stereocenters. The van der Waals surface area contributed by atoms with Crippen LogP contribution in [0.25, 0.3) is 0 Å². The summed E-state index contributed by atoms with van der Waals surface area (Å²) in [6.45, 7) is 0. The molecule has 18 heavy (non-hydrogen) atoms. The van der Waals surface area contributed by atoms with Gasteiger partial charge in [-0.05, 0) is 25.7 Å². The molecule has 0 aromatic carbocycles. The van der Waals surface area contributed by atoms with E-state index in [4.69, 9.17) is 5.26 Å². The van der Waals surface area contributed by atoms with Crippen LogP contribution in [0.1, 0.15) is 25.7 Å². The van der Waals surface area contributed by atoms with Gasteiger partial charge >= 0.3 is 11.2 Å². The lowest BCUT2D eigenvalue weighted by Crippen LogP contribution is -2.33. The number of carbonyl (C=O) groups excluding carboxylic acids is 1. The summed E-state index contributed by atoms with van der Waals surface area (Å²) < 4.78 is 34.0. The number of hydrogen-bond acceptors (Lipinski definition) is 7. The van der Waals surface area contributed by atoms with Crippen LogP contribution in [0, 0.1) is 17.2 Å². The number of ether oxygens (including phenoxy) is 1. The molecule has 0 bridgehead atoms. The Morgan fingerprint density at radius 3 is 2.50 bits per heavy atom. The molecule has 102 valence electrons. The average molecular weight is 282 g/mol. The number of alkyl halides is 2. The number of rotatable bonds is 5. The summed E-state index contributed by atoms with van der Waals surface area (Å²) in [5, 5.41) is 16.8. The topological polar surface area (TPSA) is 91.6 Å². The molecule has 9 heteroatoms. The summed E-state index contributed by atoms with van der Waals surface area (Å²) in [5.41, 5.74) is 0. The maximum absolute atomic E-state index is 13.0. The van der Waals surface area contributed by atoms with E-state index in [-0.39, 0.29) is 5.92 Å². The third-order valence-electron chi connectivity index (χ3n) is 2.53. The molecule has 0 heterocycles. The first-order chi connectivity index (χ1) is 8.49. The van der Waals surface area contributed by atoms with Crippen LogP contribution in [0.5, 0.6) is 0 Å². The predicted molar refractivity (Wildman–Crippen MR) is 52.2 cm³/mol. The van der Waals surface area contributed by atoms with Crippen molar-refractivity contribution in [1.29, 1.82) is 5.26 Å². The summed E-state index contributed by atoms with van der Waals surface area (Å²) in [5.74, 6) is -1.91. The fraction of sp³-hybridized carbons (Fsp3) is 0.778. The van der Waals surface area contributed by atoms with Gasteiger partial charge in [-0.25, -0.2) is 4.79 Å². The van der Waals surface area contributed by atoms with Crippen molar-refractivity contribution in [1.82, 2.24) is 0 Å². The standard InChI is InChI=1S/C9H11F2NO5S/c10-9(11,18-17-16-14)8(13)15-7-3-1-6(5-12)2-4-7/h6-7,14H,1-4H2/p-1. The van der Waals surface area contributed by atoms with Crippen molar-refractivity contribution in [3.05, 3.63) is 0 Å². The predicted octanol–water partition coefficient (Wildman–Crippen LogP) is 1.08. The Hall–Kier alpha value is -0.950. The second-order valence-electron chi connectivity index (χ2n) is 3.74. The van der Waals surface area contributed by atoms with Crippen LogP contribution in [0.4, 0.5) is 8.78 Å². The van der Waals surface area contributed by atoms with Crippen molar-refractivity contribution < 1.29 is 32.9 Å². The van der Waals surface area contributed by atoms with Gasteiger partial charge in [-0.2, -0.15) is 18.4 Å². The van der Waals surface area contributed by atoms with E-state index in [1.165, 1.54) is 0 Å². The zero-order valence-electron chi connectivity index (χ0n) is 9.14. The summed E-state index contributed by atoms with van der Waals surface area (Å²) in [7, 11) is 0. The quantitative estimate of drug-likeness (QED) is 0.322. The highest BCUT2D eigenvalue weighted by Gasteiger charge is 2.45. The fourth-order valence-electron chi connectivity index (χ4n) is 1.62. The van der Waals surface area contributed by atoms with Crippen LogP contribution < -0.4 is 5.26 Å². The fourth-order valence-corrected chi connectivity index (χ4v) is 1.85. The Bertz CT molecular complexity index is 327. The van der Waals surface area contributed by atoms with Gasteiger partial charge in [0.1, 0.15) is 18.1 Å². The molecule has 1 saturated carbocycles. The van der Waals surface area contributed by atoms with Crippen molar-refractivity contribution >= 4 is 18.0 Å². The normalized spacial score (nSPS) is 24.3. The molecule has 0 aromatic rings. The zero-order chi connectivity index (χ0) is 13.6. The molecule has 0 unspecified atom stereocenters. The molecule has 6 nitrogen and oxygen atoms in total. The summed E-state index contributed by atoms with van der Waals surface area (Å²) >= 11 is -0.714. The first-order valence-electron chi connectivity index (χ1n) is 5.12. The minimum absolute atomic E-state index is 0.118. The van der Waals surface area contributed by atoms with E-state index in [0.29, 0.717) is 25.7 Å². The summed E-state index contributed by atoms with van der Waals surface area (Å²) in [4.78, 5) is 11.1. The second kappa shape index (κ2) is 6.84. The molecule has 0 amide bonds. The van der Waals surface area contributed by atoms with Crippen LogP contribution in [0.3, 0.4) is 0 Å². The minimum atomic E-state index is -4.00. The molecule has 1 fully saturated rings. The van der Waals surface area contributed by atoms with E-state index >= 15 is 0 Å². The lowest BCUT2D eigenvalue weighted by molar-refractivity contribution is -0.777. The van der Waals surface area contributed by atoms with Gasteiger partial charge in [0, 0.05) is 5.92 Å². The van der Waals surface area contributed by atoms with Crippen molar-refractivity contribution in [3.63, 3.8) is 0 Å². The van der Waals surface area contributed by atoms with Crippen LogP contribution in [-0.4, -0.2) is 17.3 Å². The molecule has 0 aromatic heterocycles. The molecule has 0 N–H and O–H groups in total. The SMILES string of the molecule is N#CC1CCC(OC(=O)C(F)(F)SOO[O-])CC1. The van der Waals surface area contributed by atoms with Crippen molar-refractivity contribution in [2.24, 2.45) is 5.92 Å². The Labute approximate surface area is 106 Å². The maximum atomic E-state index is 13.0. The number of nitrogens with zero attached hydrogens (tertiary/aromatic N) is 1. The molecule has 0 saturated heterocycles. The van der Waals surface area contributed by atoms with E-state index in [0.717, 1.165) is 0 Å². The van der Waals surface area contributed by atoms with E-state index in [2.05, 4.69) is 20.2 Å². The Balaban J connectivity index is 2.39. The molecule has 1 aliphatic rings. The average Bonchev–Trinajstić information content (AvgIpc) is 2.37. The van der Waals surface area contributed by atoms with E-state index in [1.807, 2.05) is 0 Å². The van der Waals surface area contributed by atoms with Gasteiger partial charge in [-0.3, -0.25) is 5.04 Å². The monoisotopic (exact) mass is 282 g/mol. The first kappa shape index (κ1) is 15.1. The van der Waals surface area contributed by atoms with Crippen molar-refractivity contribution in [2.45, 2.75) is 37.0 Å². The number of hydrogen-bond donors (Lipinski definition) is 0. The Morgan fingerprint density at radius 1 is 1.39 bits per heavy atom. The molecule has 0 aliphatic heterocycles.